The van der Waals surface area contributed by atoms with E-state index in [0.717, 1.165) is 6.42 Å². The maximum Gasteiger partial charge on any atom is 0.326 e. The molecule has 10 nitrogen and oxygen atoms in total. The lowest BCUT2D eigenvalue weighted by Crippen LogP contribution is -2.57. The molecule has 0 aromatic carbocycles. The molecule has 0 aromatic rings. The first-order chi connectivity index (χ1) is 15.2. The van der Waals surface area contributed by atoms with Gasteiger partial charge in [0, 0.05) is 5.75 Å². The van der Waals surface area contributed by atoms with Gasteiger partial charge in [-0.15, -0.1) is 0 Å². The maximum absolute atomic E-state index is 12.8. The number of carboxylic acid groups (broad SMARTS) is 1. The van der Waals surface area contributed by atoms with Crippen LogP contribution in [-0.4, -0.2) is 89.3 Å². The van der Waals surface area contributed by atoms with Crippen LogP contribution >= 0.6 is 36.2 Å². The van der Waals surface area contributed by atoms with Crippen LogP contribution in [0.5, 0.6) is 0 Å². The summed E-state index contributed by atoms with van der Waals surface area (Å²) in [7, 11) is 0. The quantitative estimate of drug-likeness (QED) is 0.0937. The van der Waals surface area contributed by atoms with E-state index in [1.165, 1.54) is 23.5 Å². The highest BCUT2D eigenvalue weighted by Crippen LogP contribution is 2.06. The first-order valence-corrected chi connectivity index (χ1v) is 13.8. The summed E-state index contributed by atoms with van der Waals surface area (Å²) in [6.45, 7) is 0.514. The number of hydrogen-bond donors (Lipinski definition) is 7. The summed E-state index contributed by atoms with van der Waals surface area (Å²) in [5.74, 6) is -1.66. The first-order valence-electron chi connectivity index (χ1n) is 10.4. The number of hydrogen-bond acceptors (Lipinski definition) is 9. The molecular formula is C19H37N5O5S3. The Hall–Kier alpha value is -1.15. The van der Waals surface area contributed by atoms with Crippen LogP contribution in [-0.2, 0) is 19.2 Å². The molecule has 0 heterocycles. The van der Waals surface area contributed by atoms with Crippen LogP contribution in [0, 0.1) is 0 Å². The Morgan fingerprint density at radius 2 is 1.34 bits per heavy atom. The number of amides is 3. The molecule has 8 N–H and O–H groups in total. The van der Waals surface area contributed by atoms with Crippen molar-refractivity contribution in [2.24, 2.45) is 11.5 Å². The summed E-state index contributed by atoms with van der Waals surface area (Å²) in [5, 5.41) is 17.0. The highest BCUT2D eigenvalue weighted by molar-refractivity contribution is 7.98. The topological polar surface area (TPSA) is 177 Å². The minimum Gasteiger partial charge on any atom is -0.480 e. The van der Waals surface area contributed by atoms with Crippen LogP contribution in [0.25, 0.3) is 0 Å². The van der Waals surface area contributed by atoms with Crippen molar-refractivity contribution in [1.29, 1.82) is 0 Å². The molecule has 3 amide bonds. The summed E-state index contributed by atoms with van der Waals surface area (Å²) in [4.78, 5) is 49.1. The first kappa shape index (κ1) is 30.9. The molecule has 0 radical (unpaired) electrons. The van der Waals surface area contributed by atoms with Crippen molar-refractivity contribution < 1.29 is 24.3 Å². The van der Waals surface area contributed by atoms with Crippen molar-refractivity contribution in [3.8, 4) is 0 Å². The average Bonchev–Trinajstić information content (AvgIpc) is 2.76. The zero-order valence-electron chi connectivity index (χ0n) is 18.7. The van der Waals surface area contributed by atoms with Gasteiger partial charge in [0.2, 0.25) is 17.7 Å². The number of thioether (sulfide) groups is 2. The predicted octanol–water partition coefficient (Wildman–Crippen LogP) is -0.582. The molecule has 0 bridgehead atoms. The van der Waals surface area contributed by atoms with E-state index in [-0.39, 0.29) is 12.2 Å². The van der Waals surface area contributed by atoms with Gasteiger partial charge in [0.25, 0.3) is 0 Å². The van der Waals surface area contributed by atoms with E-state index in [1.807, 2.05) is 12.5 Å². The van der Waals surface area contributed by atoms with Gasteiger partial charge in [0.05, 0.1) is 6.04 Å². The van der Waals surface area contributed by atoms with Crippen LogP contribution in [0.4, 0.5) is 0 Å². The molecule has 186 valence electrons. The Balaban J connectivity index is 5.08. The lowest BCUT2D eigenvalue weighted by molar-refractivity contribution is -0.142. The van der Waals surface area contributed by atoms with Crippen molar-refractivity contribution >= 4 is 59.8 Å². The highest BCUT2D eigenvalue weighted by atomic mass is 32.2. The molecule has 0 aromatic heterocycles. The number of carbonyl (C=O) groups is 4. The third kappa shape index (κ3) is 12.8. The number of nitrogens with one attached hydrogen (secondary N) is 3. The van der Waals surface area contributed by atoms with Gasteiger partial charge in [-0.05, 0) is 56.2 Å². The lowest BCUT2D eigenvalue weighted by Gasteiger charge is -2.24. The Morgan fingerprint density at radius 1 is 0.844 bits per heavy atom. The van der Waals surface area contributed by atoms with Crippen LogP contribution < -0.4 is 27.4 Å². The monoisotopic (exact) mass is 511 g/mol. The van der Waals surface area contributed by atoms with E-state index >= 15 is 0 Å². The fraction of sp³-hybridized carbons (Fsp3) is 0.789. The molecule has 0 aliphatic heterocycles. The molecule has 4 unspecified atom stereocenters. The molecule has 0 aliphatic carbocycles. The van der Waals surface area contributed by atoms with E-state index < -0.39 is 47.9 Å². The Bertz CT molecular complexity index is 600. The second-order valence-electron chi connectivity index (χ2n) is 7.16. The standard InChI is InChI=1S/C19H37N5O5S3/c1-31-9-6-13(22-16(25)12(21)5-3-4-8-20)17(26)24-15(11-30)18(27)23-14(19(28)29)7-10-32-2/h12-15,30H,3-11,20-21H2,1-2H3,(H,22,25)(H,23,27)(H,24,26)(H,28,29). The number of nitrogens with two attached hydrogens (primary N) is 2. The largest absolute Gasteiger partial charge is 0.480 e. The summed E-state index contributed by atoms with van der Waals surface area (Å²) in [6.07, 6.45) is 6.23. The normalized spacial score (nSPS) is 14.7. The van der Waals surface area contributed by atoms with Crippen molar-refractivity contribution in [2.45, 2.75) is 56.3 Å². The van der Waals surface area contributed by atoms with Crippen LogP contribution in [0.3, 0.4) is 0 Å². The number of thiol groups is 1. The third-order valence-electron chi connectivity index (χ3n) is 4.59. The zero-order chi connectivity index (χ0) is 24.5. The van der Waals surface area contributed by atoms with Crippen LogP contribution in [0.1, 0.15) is 32.1 Å². The van der Waals surface area contributed by atoms with Crippen molar-refractivity contribution in [3.63, 3.8) is 0 Å². The van der Waals surface area contributed by atoms with Crippen LogP contribution in [0.2, 0.25) is 0 Å². The molecule has 0 spiro atoms. The van der Waals surface area contributed by atoms with Gasteiger partial charge in [-0.3, -0.25) is 14.4 Å². The van der Waals surface area contributed by atoms with Crippen molar-refractivity contribution in [1.82, 2.24) is 16.0 Å². The predicted molar refractivity (Wildman–Crippen MR) is 134 cm³/mol. The summed E-state index contributed by atoms with van der Waals surface area (Å²) < 4.78 is 0. The van der Waals surface area contributed by atoms with Gasteiger partial charge in [0.15, 0.2) is 0 Å². The van der Waals surface area contributed by atoms with Crippen molar-refractivity contribution in [3.05, 3.63) is 0 Å². The van der Waals surface area contributed by atoms with E-state index in [2.05, 4.69) is 28.6 Å². The zero-order valence-corrected chi connectivity index (χ0v) is 21.2. The van der Waals surface area contributed by atoms with Crippen molar-refractivity contribution in [2.75, 3.05) is 36.3 Å². The maximum atomic E-state index is 12.8. The molecule has 4 atom stereocenters. The van der Waals surface area contributed by atoms with E-state index in [4.69, 9.17) is 11.5 Å². The van der Waals surface area contributed by atoms with Gasteiger partial charge in [-0.25, -0.2) is 4.79 Å². The van der Waals surface area contributed by atoms with E-state index in [1.54, 1.807) is 0 Å². The molecule has 0 fully saturated rings. The lowest BCUT2D eigenvalue weighted by atomic mass is 10.1. The fourth-order valence-electron chi connectivity index (χ4n) is 2.65. The Morgan fingerprint density at radius 3 is 1.84 bits per heavy atom. The minimum absolute atomic E-state index is 0.0335. The van der Waals surface area contributed by atoms with Gasteiger partial charge >= 0.3 is 5.97 Å². The molecule has 13 heteroatoms. The number of aliphatic carboxylic acids is 1. The number of carboxylic acids is 1. The molecule has 0 saturated heterocycles. The molecule has 0 aliphatic rings. The molecule has 0 rings (SSSR count). The Kier molecular flexibility index (Phi) is 17.6. The number of unbranched alkanes of at least 4 members (excludes halogenated alkanes) is 1. The van der Waals surface area contributed by atoms with E-state index in [9.17, 15) is 24.3 Å². The minimum atomic E-state index is -1.15. The number of carbonyl (C=O) groups excluding carboxylic acids is 3. The number of rotatable bonds is 18. The summed E-state index contributed by atoms with van der Waals surface area (Å²) in [6, 6.07) is -3.75. The highest BCUT2D eigenvalue weighted by Gasteiger charge is 2.29. The summed E-state index contributed by atoms with van der Waals surface area (Å²) >= 11 is 7.09. The van der Waals surface area contributed by atoms with Crippen LogP contribution in [0.15, 0.2) is 0 Å². The smallest absolute Gasteiger partial charge is 0.326 e. The molecule has 32 heavy (non-hydrogen) atoms. The summed E-state index contributed by atoms with van der Waals surface area (Å²) in [5.41, 5.74) is 11.4. The Labute approximate surface area is 203 Å². The third-order valence-corrected chi connectivity index (χ3v) is 6.24. The molecule has 0 saturated carbocycles. The fourth-order valence-corrected chi connectivity index (χ4v) is 3.85. The molecular weight excluding hydrogens is 474 g/mol. The van der Waals surface area contributed by atoms with Gasteiger partial charge in [-0.2, -0.15) is 36.2 Å². The van der Waals surface area contributed by atoms with Gasteiger partial charge in [0.1, 0.15) is 18.1 Å². The average molecular weight is 512 g/mol. The second kappa shape index (κ2) is 18.3. The second-order valence-corrected chi connectivity index (χ2v) is 9.49. The van der Waals surface area contributed by atoms with E-state index in [0.29, 0.717) is 37.3 Å². The van der Waals surface area contributed by atoms with Gasteiger partial charge < -0.3 is 32.5 Å². The van der Waals surface area contributed by atoms with Gasteiger partial charge in [-0.1, -0.05) is 6.42 Å². The SMILES string of the molecule is CSCCC(NC(=O)C(CS)NC(=O)C(CCSC)NC(=O)C(N)CCCCN)C(=O)O.